The predicted molar refractivity (Wildman–Crippen MR) is 80.4 cm³/mol. The van der Waals surface area contributed by atoms with Crippen LogP contribution in [-0.2, 0) is 10.0 Å². The number of hydrogen-bond acceptors (Lipinski definition) is 3. The lowest BCUT2D eigenvalue weighted by atomic mass is 10.2. The Kier molecular flexibility index (Phi) is 6.10. The van der Waals surface area contributed by atoms with Gasteiger partial charge in [0.15, 0.2) is 0 Å². The van der Waals surface area contributed by atoms with Gasteiger partial charge >= 0.3 is 0 Å². The summed E-state index contributed by atoms with van der Waals surface area (Å²) in [6.07, 6.45) is 1.80. The second-order valence-corrected chi connectivity index (χ2v) is 7.16. The highest BCUT2D eigenvalue weighted by atomic mass is 35.5. The molecule has 4 nitrogen and oxygen atoms in total. The third-order valence-electron chi connectivity index (χ3n) is 2.82. The lowest BCUT2D eigenvalue weighted by Gasteiger charge is -2.19. The Balaban J connectivity index is 2.97. The van der Waals surface area contributed by atoms with Crippen molar-refractivity contribution in [2.24, 2.45) is 0 Å². The standard InChI is InChI=1S/C13H21ClN2O2S/c1-11(7-6-10-14)15-12-8-4-5-9-13(12)19(17,18)16(2)3/h4-5,8-9,11,15H,6-7,10H2,1-3H3. The van der Waals surface area contributed by atoms with Crippen molar-refractivity contribution in [1.29, 1.82) is 0 Å². The van der Waals surface area contributed by atoms with E-state index in [1.807, 2.05) is 13.0 Å². The quantitative estimate of drug-likeness (QED) is 0.788. The molecular formula is C13H21ClN2O2S. The Labute approximate surface area is 120 Å². The molecule has 0 saturated heterocycles. The molecule has 1 aromatic rings. The number of anilines is 1. The molecule has 108 valence electrons. The molecule has 0 heterocycles. The van der Waals surface area contributed by atoms with Gasteiger partial charge in [-0.1, -0.05) is 12.1 Å². The van der Waals surface area contributed by atoms with E-state index in [1.165, 1.54) is 18.4 Å². The van der Waals surface area contributed by atoms with Crippen molar-refractivity contribution in [1.82, 2.24) is 4.31 Å². The summed E-state index contributed by atoms with van der Waals surface area (Å²) in [6.45, 7) is 2.02. The molecule has 1 rings (SSSR count). The monoisotopic (exact) mass is 304 g/mol. The van der Waals surface area contributed by atoms with E-state index in [0.29, 0.717) is 16.5 Å². The molecule has 0 spiro atoms. The molecule has 1 unspecified atom stereocenters. The molecule has 0 aromatic heterocycles. The molecular weight excluding hydrogens is 284 g/mol. The van der Waals surface area contributed by atoms with E-state index in [0.717, 1.165) is 12.8 Å². The lowest BCUT2D eigenvalue weighted by molar-refractivity contribution is 0.521. The average Bonchev–Trinajstić information content (AvgIpc) is 2.36. The summed E-state index contributed by atoms with van der Waals surface area (Å²) in [4.78, 5) is 0.303. The van der Waals surface area contributed by atoms with Gasteiger partial charge in [-0.3, -0.25) is 0 Å². The number of nitrogens with zero attached hydrogens (tertiary/aromatic N) is 1. The smallest absolute Gasteiger partial charge is 0.244 e. The number of hydrogen-bond donors (Lipinski definition) is 1. The van der Waals surface area contributed by atoms with Crippen molar-refractivity contribution >= 4 is 27.3 Å². The number of alkyl halides is 1. The minimum absolute atomic E-state index is 0.178. The molecule has 1 aromatic carbocycles. The normalized spacial score (nSPS) is 13.5. The Morgan fingerprint density at radius 1 is 1.32 bits per heavy atom. The maximum Gasteiger partial charge on any atom is 0.244 e. The van der Waals surface area contributed by atoms with Crippen molar-refractivity contribution in [3.63, 3.8) is 0 Å². The largest absolute Gasteiger partial charge is 0.381 e. The van der Waals surface area contributed by atoms with E-state index in [1.54, 1.807) is 18.2 Å². The third-order valence-corrected chi connectivity index (χ3v) is 4.96. The maximum absolute atomic E-state index is 12.2. The van der Waals surface area contributed by atoms with Crippen LogP contribution in [-0.4, -0.2) is 38.7 Å². The van der Waals surface area contributed by atoms with E-state index in [-0.39, 0.29) is 6.04 Å². The summed E-state index contributed by atoms with van der Waals surface area (Å²) in [5.74, 6) is 0.615. The van der Waals surface area contributed by atoms with Crippen LogP contribution in [0.3, 0.4) is 0 Å². The van der Waals surface area contributed by atoms with Crippen molar-refractivity contribution in [2.75, 3.05) is 25.3 Å². The van der Waals surface area contributed by atoms with Crippen LogP contribution >= 0.6 is 11.6 Å². The third kappa shape index (κ3) is 4.37. The van der Waals surface area contributed by atoms with Crippen LogP contribution in [0.25, 0.3) is 0 Å². The van der Waals surface area contributed by atoms with Crippen LogP contribution in [0.1, 0.15) is 19.8 Å². The fourth-order valence-corrected chi connectivity index (χ4v) is 2.93. The van der Waals surface area contributed by atoms with Gasteiger partial charge in [0.25, 0.3) is 0 Å². The summed E-state index contributed by atoms with van der Waals surface area (Å²) in [7, 11) is -0.367. The summed E-state index contributed by atoms with van der Waals surface area (Å²) in [5, 5.41) is 3.24. The zero-order valence-electron chi connectivity index (χ0n) is 11.6. The van der Waals surface area contributed by atoms with Crippen LogP contribution in [0.4, 0.5) is 5.69 Å². The Bertz CT molecular complexity index is 503. The molecule has 0 bridgehead atoms. The summed E-state index contributed by atoms with van der Waals surface area (Å²) in [6, 6.07) is 7.13. The minimum atomic E-state index is -3.43. The summed E-state index contributed by atoms with van der Waals surface area (Å²) in [5.41, 5.74) is 0.637. The van der Waals surface area contributed by atoms with Crippen LogP contribution in [0, 0.1) is 0 Å². The molecule has 1 N–H and O–H groups in total. The highest BCUT2D eigenvalue weighted by Gasteiger charge is 2.21. The SMILES string of the molecule is CC(CCCCl)Nc1ccccc1S(=O)(=O)N(C)C. The predicted octanol–water partition coefficient (Wildman–Crippen LogP) is 2.76. The van der Waals surface area contributed by atoms with Gasteiger partial charge in [0.2, 0.25) is 10.0 Å². The highest BCUT2D eigenvalue weighted by molar-refractivity contribution is 7.89. The first kappa shape index (κ1) is 16.3. The topological polar surface area (TPSA) is 49.4 Å². The van der Waals surface area contributed by atoms with Crippen LogP contribution in [0.5, 0.6) is 0 Å². The van der Waals surface area contributed by atoms with Crippen LogP contribution in [0.2, 0.25) is 0 Å². The van der Waals surface area contributed by atoms with Gasteiger partial charge in [-0.05, 0) is 31.9 Å². The first-order chi connectivity index (χ1) is 8.89. The molecule has 19 heavy (non-hydrogen) atoms. The first-order valence-electron chi connectivity index (χ1n) is 6.23. The number of nitrogens with one attached hydrogen (secondary N) is 1. The van der Waals surface area contributed by atoms with Gasteiger partial charge in [-0.15, -0.1) is 11.6 Å². The highest BCUT2D eigenvalue weighted by Crippen LogP contribution is 2.24. The van der Waals surface area contributed by atoms with Crippen molar-refractivity contribution in [2.45, 2.75) is 30.7 Å². The average molecular weight is 305 g/mol. The molecule has 1 atom stereocenters. The molecule has 0 aliphatic rings. The summed E-state index contributed by atoms with van der Waals surface area (Å²) >= 11 is 5.66. The van der Waals surface area contributed by atoms with Gasteiger partial charge in [0, 0.05) is 26.0 Å². The number of benzene rings is 1. The van der Waals surface area contributed by atoms with E-state index in [9.17, 15) is 8.42 Å². The molecule has 6 heteroatoms. The van der Waals surface area contributed by atoms with Crippen molar-refractivity contribution < 1.29 is 8.42 Å². The van der Waals surface area contributed by atoms with E-state index in [2.05, 4.69) is 5.32 Å². The Morgan fingerprint density at radius 3 is 2.53 bits per heavy atom. The minimum Gasteiger partial charge on any atom is -0.381 e. The zero-order chi connectivity index (χ0) is 14.5. The van der Waals surface area contributed by atoms with E-state index >= 15 is 0 Å². The number of para-hydroxylation sites is 1. The molecule has 0 aliphatic carbocycles. The van der Waals surface area contributed by atoms with Gasteiger partial charge in [0.05, 0.1) is 5.69 Å². The van der Waals surface area contributed by atoms with Crippen LogP contribution in [0.15, 0.2) is 29.2 Å². The second-order valence-electron chi connectivity index (χ2n) is 4.66. The van der Waals surface area contributed by atoms with Gasteiger partial charge in [-0.25, -0.2) is 12.7 Å². The van der Waals surface area contributed by atoms with Gasteiger partial charge in [-0.2, -0.15) is 0 Å². The fourth-order valence-electron chi connectivity index (χ4n) is 1.73. The maximum atomic E-state index is 12.2. The van der Waals surface area contributed by atoms with Gasteiger partial charge in [0.1, 0.15) is 4.90 Å². The van der Waals surface area contributed by atoms with Crippen molar-refractivity contribution in [3.8, 4) is 0 Å². The fraction of sp³-hybridized carbons (Fsp3) is 0.538. The number of halogens is 1. The molecule has 0 radical (unpaired) electrons. The Hall–Kier alpha value is -0.780. The molecule has 0 aliphatic heterocycles. The van der Waals surface area contributed by atoms with Crippen LogP contribution < -0.4 is 5.32 Å². The first-order valence-corrected chi connectivity index (χ1v) is 8.21. The number of rotatable bonds is 7. The lowest BCUT2D eigenvalue weighted by Crippen LogP contribution is -2.24. The summed E-state index contributed by atoms with van der Waals surface area (Å²) < 4.78 is 25.6. The molecule has 0 fully saturated rings. The van der Waals surface area contributed by atoms with E-state index < -0.39 is 10.0 Å². The van der Waals surface area contributed by atoms with Crippen molar-refractivity contribution in [3.05, 3.63) is 24.3 Å². The number of sulfonamides is 1. The molecule has 0 saturated carbocycles. The zero-order valence-corrected chi connectivity index (χ0v) is 13.1. The molecule has 0 amide bonds. The van der Waals surface area contributed by atoms with Gasteiger partial charge < -0.3 is 5.32 Å². The Morgan fingerprint density at radius 2 is 1.95 bits per heavy atom. The van der Waals surface area contributed by atoms with E-state index in [4.69, 9.17) is 11.6 Å². The second kappa shape index (κ2) is 7.12.